The minimum Gasteiger partial charge on any atom is -0.381 e. The molecule has 2 atom stereocenters. The molecule has 1 fully saturated rings. The molecule has 0 aromatic heterocycles. The largest absolute Gasteiger partial charge is 0.381 e. The van der Waals surface area contributed by atoms with Crippen LogP contribution in [0.3, 0.4) is 0 Å². The molecule has 0 saturated carbocycles. The van der Waals surface area contributed by atoms with E-state index in [9.17, 15) is 9.59 Å². The van der Waals surface area contributed by atoms with Crippen LogP contribution in [0.5, 0.6) is 0 Å². The monoisotopic (exact) mass is 388 g/mol. The van der Waals surface area contributed by atoms with Crippen LogP contribution in [0.1, 0.15) is 12.0 Å². The van der Waals surface area contributed by atoms with Crippen molar-refractivity contribution in [3.8, 4) is 0 Å². The number of ether oxygens (including phenoxy) is 1. The highest BCUT2D eigenvalue weighted by molar-refractivity contribution is 14.1. The molecule has 0 radical (unpaired) electrons. The first-order valence-corrected chi connectivity index (χ1v) is 7.56. The number of hydrogen-bond donors (Lipinski definition) is 2. The normalized spacial score (nSPS) is 19.6. The number of primary amides is 1. The Balaban J connectivity index is 1.98. The van der Waals surface area contributed by atoms with Gasteiger partial charge in [-0.1, -0.05) is 12.1 Å². The predicted octanol–water partition coefficient (Wildman–Crippen LogP) is 0.840. The number of halogens is 1. The fraction of sp³-hybridized carbons (Fsp3) is 0.429. The molecule has 2 amide bonds. The van der Waals surface area contributed by atoms with E-state index in [1.165, 1.54) is 0 Å². The lowest BCUT2D eigenvalue weighted by Gasteiger charge is -2.17. The van der Waals surface area contributed by atoms with Crippen LogP contribution in [0.2, 0.25) is 0 Å². The maximum Gasteiger partial charge on any atom is 0.240 e. The average Bonchev–Trinajstić information content (AvgIpc) is 2.94. The molecule has 1 aliphatic rings. The van der Waals surface area contributed by atoms with Crippen molar-refractivity contribution in [3.63, 3.8) is 0 Å². The Bertz CT molecular complexity index is 484. The minimum absolute atomic E-state index is 0.156. The van der Waals surface area contributed by atoms with Gasteiger partial charge < -0.3 is 15.8 Å². The SMILES string of the molecule is NC(=O)[C@H](Cc1ccc(I)cc1)NC(=O)[C@H]1CCOC1. The van der Waals surface area contributed by atoms with Crippen molar-refractivity contribution >= 4 is 34.4 Å². The van der Waals surface area contributed by atoms with Gasteiger partial charge in [0.1, 0.15) is 6.04 Å². The van der Waals surface area contributed by atoms with Gasteiger partial charge in [-0.25, -0.2) is 0 Å². The van der Waals surface area contributed by atoms with E-state index in [2.05, 4.69) is 27.9 Å². The van der Waals surface area contributed by atoms with Gasteiger partial charge in [0.05, 0.1) is 12.5 Å². The smallest absolute Gasteiger partial charge is 0.240 e. The Morgan fingerprint density at radius 1 is 1.40 bits per heavy atom. The van der Waals surface area contributed by atoms with Gasteiger partial charge >= 0.3 is 0 Å². The van der Waals surface area contributed by atoms with Crippen LogP contribution in [0.25, 0.3) is 0 Å². The van der Waals surface area contributed by atoms with E-state index < -0.39 is 11.9 Å². The van der Waals surface area contributed by atoms with Gasteiger partial charge in [0.15, 0.2) is 0 Å². The molecule has 108 valence electrons. The number of rotatable bonds is 5. The summed E-state index contributed by atoms with van der Waals surface area (Å²) in [5.41, 5.74) is 6.34. The van der Waals surface area contributed by atoms with Crippen LogP contribution in [0.4, 0.5) is 0 Å². The summed E-state index contributed by atoms with van der Waals surface area (Å²) in [6.07, 6.45) is 1.10. The van der Waals surface area contributed by atoms with Crippen LogP contribution in [0, 0.1) is 9.49 Å². The van der Waals surface area contributed by atoms with Crippen LogP contribution >= 0.6 is 22.6 Å². The second-order valence-corrected chi connectivity index (χ2v) is 6.10. The number of nitrogens with two attached hydrogens (primary N) is 1. The summed E-state index contributed by atoms with van der Waals surface area (Å²) in [5, 5.41) is 2.73. The molecule has 1 aromatic carbocycles. The standard InChI is InChI=1S/C14H17IN2O3/c15-11-3-1-9(2-4-11)7-12(13(16)18)17-14(19)10-5-6-20-8-10/h1-4,10,12H,5-8H2,(H2,16,18)(H,17,19)/t10-,12-/m0/s1. The highest BCUT2D eigenvalue weighted by Crippen LogP contribution is 2.13. The van der Waals surface area contributed by atoms with Crippen molar-refractivity contribution in [1.29, 1.82) is 0 Å². The topological polar surface area (TPSA) is 81.4 Å². The zero-order chi connectivity index (χ0) is 14.5. The number of carbonyl (C=O) groups is 2. The van der Waals surface area contributed by atoms with Gasteiger partial charge in [0.25, 0.3) is 0 Å². The van der Waals surface area contributed by atoms with E-state index in [4.69, 9.17) is 10.5 Å². The van der Waals surface area contributed by atoms with Crippen LogP contribution < -0.4 is 11.1 Å². The van der Waals surface area contributed by atoms with Gasteiger partial charge in [-0.2, -0.15) is 0 Å². The lowest BCUT2D eigenvalue weighted by atomic mass is 10.0. The third-order valence-electron chi connectivity index (χ3n) is 3.31. The summed E-state index contributed by atoms with van der Waals surface area (Å²) >= 11 is 2.21. The van der Waals surface area contributed by atoms with Gasteiger partial charge in [-0.05, 0) is 46.7 Å². The second kappa shape index (κ2) is 7.03. The molecule has 3 N–H and O–H groups in total. The Kier molecular flexibility index (Phi) is 5.36. The van der Waals surface area contributed by atoms with E-state index >= 15 is 0 Å². The number of hydrogen-bond acceptors (Lipinski definition) is 3. The van der Waals surface area contributed by atoms with E-state index in [1.807, 2.05) is 24.3 Å². The molecule has 1 aliphatic heterocycles. The second-order valence-electron chi connectivity index (χ2n) is 4.85. The highest BCUT2D eigenvalue weighted by Gasteiger charge is 2.27. The van der Waals surface area contributed by atoms with Crippen molar-refractivity contribution in [3.05, 3.63) is 33.4 Å². The zero-order valence-electron chi connectivity index (χ0n) is 11.0. The Labute approximate surface area is 131 Å². The lowest BCUT2D eigenvalue weighted by molar-refractivity contribution is -0.129. The summed E-state index contributed by atoms with van der Waals surface area (Å²) in [6.45, 7) is 1.01. The number of amides is 2. The Morgan fingerprint density at radius 3 is 2.65 bits per heavy atom. The summed E-state index contributed by atoms with van der Waals surface area (Å²) in [7, 11) is 0. The van der Waals surface area contributed by atoms with Crippen molar-refractivity contribution < 1.29 is 14.3 Å². The molecule has 1 heterocycles. The Hall–Kier alpha value is -1.15. The van der Waals surface area contributed by atoms with E-state index in [1.54, 1.807) is 0 Å². The first-order valence-electron chi connectivity index (χ1n) is 6.48. The predicted molar refractivity (Wildman–Crippen MR) is 82.9 cm³/mol. The lowest BCUT2D eigenvalue weighted by Crippen LogP contribution is -2.48. The molecule has 1 aromatic rings. The quantitative estimate of drug-likeness (QED) is 0.734. The summed E-state index contributed by atoms with van der Waals surface area (Å²) < 4.78 is 6.29. The van der Waals surface area contributed by atoms with Crippen molar-refractivity contribution in [2.24, 2.45) is 11.7 Å². The van der Waals surface area contributed by atoms with Crippen LogP contribution in [0.15, 0.2) is 24.3 Å². The highest BCUT2D eigenvalue weighted by atomic mass is 127. The molecule has 0 unspecified atom stereocenters. The molecule has 0 spiro atoms. The maximum absolute atomic E-state index is 12.0. The number of carbonyl (C=O) groups excluding carboxylic acids is 2. The molecular formula is C14H17IN2O3. The van der Waals surface area contributed by atoms with Gasteiger partial charge in [0.2, 0.25) is 11.8 Å². The zero-order valence-corrected chi connectivity index (χ0v) is 13.1. The molecule has 20 heavy (non-hydrogen) atoms. The van der Waals surface area contributed by atoms with Gasteiger partial charge in [0, 0.05) is 16.6 Å². The van der Waals surface area contributed by atoms with Crippen molar-refractivity contribution in [1.82, 2.24) is 5.32 Å². The van der Waals surface area contributed by atoms with Gasteiger partial charge in [-0.15, -0.1) is 0 Å². The molecule has 5 nitrogen and oxygen atoms in total. The molecule has 1 saturated heterocycles. The van der Waals surface area contributed by atoms with Crippen LogP contribution in [-0.4, -0.2) is 31.1 Å². The van der Waals surface area contributed by atoms with E-state index in [-0.39, 0.29) is 11.8 Å². The summed E-state index contributed by atoms with van der Waals surface area (Å²) in [4.78, 5) is 23.5. The first-order chi connectivity index (χ1) is 9.56. The van der Waals surface area contributed by atoms with E-state index in [0.29, 0.717) is 26.1 Å². The molecule has 2 rings (SSSR count). The molecule has 0 aliphatic carbocycles. The third-order valence-corrected chi connectivity index (χ3v) is 4.03. The van der Waals surface area contributed by atoms with Gasteiger partial charge in [-0.3, -0.25) is 9.59 Å². The molecule has 0 bridgehead atoms. The van der Waals surface area contributed by atoms with Crippen molar-refractivity contribution in [2.45, 2.75) is 18.9 Å². The number of nitrogens with one attached hydrogen (secondary N) is 1. The fourth-order valence-corrected chi connectivity index (χ4v) is 2.47. The summed E-state index contributed by atoms with van der Waals surface area (Å²) in [5.74, 6) is -0.846. The molecule has 6 heteroatoms. The fourth-order valence-electron chi connectivity index (χ4n) is 2.11. The minimum atomic E-state index is -0.678. The average molecular weight is 388 g/mol. The Morgan fingerprint density at radius 2 is 2.10 bits per heavy atom. The van der Waals surface area contributed by atoms with Crippen LogP contribution in [-0.2, 0) is 20.7 Å². The number of benzene rings is 1. The first kappa shape index (κ1) is 15.2. The maximum atomic E-state index is 12.0. The third kappa shape index (κ3) is 4.17. The summed E-state index contributed by atoms with van der Waals surface area (Å²) in [6, 6.07) is 7.11. The van der Waals surface area contributed by atoms with Crippen molar-refractivity contribution in [2.75, 3.05) is 13.2 Å². The van der Waals surface area contributed by atoms with E-state index in [0.717, 1.165) is 9.13 Å². The molecular weight excluding hydrogens is 371 g/mol.